The molecule has 1 atom stereocenters. The van der Waals surface area contributed by atoms with E-state index in [1.807, 2.05) is 43.5 Å². The molecule has 0 unspecified atom stereocenters. The largest absolute Gasteiger partial charge is 0.350 e. The highest BCUT2D eigenvalue weighted by Crippen LogP contribution is 2.16. The van der Waals surface area contributed by atoms with Crippen LogP contribution in [0.5, 0.6) is 0 Å². The van der Waals surface area contributed by atoms with Crippen molar-refractivity contribution < 1.29 is 4.79 Å². The number of rotatable bonds is 6. The van der Waals surface area contributed by atoms with Crippen molar-refractivity contribution in [1.82, 2.24) is 25.1 Å². The van der Waals surface area contributed by atoms with Crippen molar-refractivity contribution in [3.05, 3.63) is 60.3 Å². The van der Waals surface area contributed by atoms with Gasteiger partial charge in [0.05, 0.1) is 5.69 Å². The molecule has 6 heteroatoms. The Bertz CT molecular complexity index is 806. The first-order chi connectivity index (χ1) is 11.6. The molecule has 0 aliphatic rings. The van der Waals surface area contributed by atoms with Crippen LogP contribution in [0.4, 0.5) is 0 Å². The van der Waals surface area contributed by atoms with Gasteiger partial charge in [-0.05, 0) is 18.9 Å². The van der Waals surface area contributed by atoms with Crippen molar-refractivity contribution in [3.8, 4) is 11.3 Å². The highest BCUT2D eigenvalue weighted by Gasteiger charge is 2.12. The number of nitrogens with one attached hydrogen (secondary N) is 2. The standard InChI is InChI=1S/C18H21N5O/c1-13(12-23-9-8-19-14(23)2)11-20-18(24)17-10-16(21-22-17)15-6-4-3-5-7-15/h3-10,13H,11-12H2,1-2H3,(H,20,24)(H,21,22)/t13-/m0/s1. The monoisotopic (exact) mass is 323 g/mol. The van der Waals surface area contributed by atoms with Crippen molar-refractivity contribution in [2.45, 2.75) is 20.4 Å². The molecule has 0 aliphatic heterocycles. The molecule has 0 fully saturated rings. The minimum Gasteiger partial charge on any atom is -0.350 e. The Morgan fingerprint density at radius 2 is 2.12 bits per heavy atom. The second-order valence-corrected chi connectivity index (χ2v) is 5.97. The average Bonchev–Trinajstić information content (AvgIpc) is 3.23. The molecule has 24 heavy (non-hydrogen) atoms. The number of amides is 1. The van der Waals surface area contributed by atoms with Crippen LogP contribution in [0.3, 0.4) is 0 Å². The van der Waals surface area contributed by atoms with E-state index in [2.05, 4.69) is 32.0 Å². The normalized spacial score (nSPS) is 12.1. The van der Waals surface area contributed by atoms with Gasteiger partial charge in [0.15, 0.2) is 0 Å². The van der Waals surface area contributed by atoms with E-state index < -0.39 is 0 Å². The number of hydrogen-bond acceptors (Lipinski definition) is 3. The van der Waals surface area contributed by atoms with Gasteiger partial charge in [-0.1, -0.05) is 37.3 Å². The summed E-state index contributed by atoms with van der Waals surface area (Å²) in [5.74, 6) is 1.14. The van der Waals surface area contributed by atoms with Crippen LogP contribution in [0.2, 0.25) is 0 Å². The molecular weight excluding hydrogens is 302 g/mol. The van der Waals surface area contributed by atoms with E-state index >= 15 is 0 Å². The average molecular weight is 323 g/mol. The van der Waals surface area contributed by atoms with Crippen molar-refractivity contribution in [3.63, 3.8) is 0 Å². The van der Waals surface area contributed by atoms with Gasteiger partial charge in [0.2, 0.25) is 0 Å². The van der Waals surface area contributed by atoms with Gasteiger partial charge in [-0.3, -0.25) is 9.89 Å². The first-order valence-corrected chi connectivity index (χ1v) is 8.00. The van der Waals surface area contributed by atoms with Crippen LogP contribution in [0, 0.1) is 12.8 Å². The first kappa shape index (κ1) is 16.0. The lowest BCUT2D eigenvalue weighted by atomic mass is 10.1. The molecule has 2 heterocycles. The van der Waals surface area contributed by atoms with Crippen LogP contribution in [0.25, 0.3) is 11.3 Å². The van der Waals surface area contributed by atoms with E-state index in [-0.39, 0.29) is 5.91 Å². The van der Waals surface area contributed by atoms with Crippen LogP contribution < -0.4 is 5.32 Å². The van der Waals surface area contributed by atoms with Crippen LogP contribution in [0.15, 0.2) is 48.8 Å². The maximum absolute atomic E-state index is 12.3. The molecule has 0 radical (unpaired) electrons. The van der Waals surface area contributed by atoms with E-state index in [0.717, 1.165) is 23.6 Å². The van der Waals surface area contributed by atoms with E-state index in [4.69, 9.17) is 0 Å². The molecule has 124 valence electrons. The summed E-state index contributed by atoms with van der Waals surface area (Å²) in [5, 5.41) is 9.97. The molecule has 0 saturated carbocycles. The third kappa shape index (κ3) is 3.71. The van der Waals surface area contributed by atoms with E-state index in [1.54, 1.807) is 12.3 Å². The topological polar surface area (TPSA) is 75.6 Å². The summed E-state index contributed by atoms with van der Waals surface area (Å²) < 4.78 is 2.08. The quantitative estimate of drug-likeness (QED) is 0.732. The summed E-state index contributed by atoms with van der Waals surface area (Å²) in [4.78, 5) is 16.5. The van der Waals surface area contributed by atoms with Crippen LogP contribution in [0.1, 0.15) is 23.2 Å². The second-order valence-electron chi connectivity index (χ2n) is 5.97. The third-order valence-electron chi connectivity index (χ3n) is 3.94. The molecule has 2 N–H and O–H groups in total. The number of hydrogen-bond donors (Lipinski definition) is 2. The lowest BCUT2D eigenvalue weighted by molar-refractivity contribution is 0.0942. The number of carbonyl (C=O) groups is 1. The molecule has 3 aromatic rings. The lowest BCUT2D eigenvalue weighted by Crippen LogP contribution is -2.30. The molecule has 1 amide bonds. The van der Waals surface area contributed by atoms with E-state index in [0.29, 0.717) is 18.2 Å². The molecule has 0 saturated heterocycles. The lowest BCUT2D eigenvalue weighted by Gasteiger charge is -2.14. The predicted octanol–water partition coefficient (Wildman–Crippen LogP) is 2.65. The summed E-state index contributed by atoms with van der Waals surface area (Å²) in [6, 6.07) is 11.6. The zero-order valence-corrected chi connectivity index (χ0v) is 13.9. The smallest absolute Gasteiger partial charge is 0.269 e. The van der Waals surface area contributed by atoms with E-state index in [9.17, 15) is 4.79 Å². The van der Waals surface area contributed by atoms with Gasteiger partial charge >= 0.3 is 0 Å². The summed E-state index contributed by atoms with van der Waals surface area (Å²) in [6.45, 7) is 5.49. The highest BCUT2D eigenvalue weighted by molar-refractivity contribution is 5.93. The summed E-state index contributed by atoms with van der Waals surface area (Å²) in [5.41, 5.74) is 2.22. The molecule has 3 rings (SSSR count). The fraction of sp³-hybridized carbons (Fsp3) is 0.278. The van der Waals surface area contributed by atoms with Gasteiger partial charge < -0.3 is 9.88 Å². The van der Waals surface area contributed by atoms with Gasteiger partial charge in [-0.25, -0.2) is 4.98 Å². The van der Waals surface area contributed by atoms with Gasteiger partial charge in [0, 0.05) is 31.0 Å². The summed E-state index contributed by atoms with van der Waals surface area (Å²) in [6.07, 6.45) is 3.74. The van der Waals surface area contributed by atoms with Crippen LogP contribution in [-0.2, 0) is 6.54 Å². The number of nitrogens with zero attached hydrogens (tertiary/aromatic N) is 3. The third-order valence-corrected chi connectivity index (χ3v) is 3.94. The van der Waals surface area contributed by atoms with Gasteiger partial charge in [-0.2, -0.15) is 5.10 Å². The number of aromatic amines is 1. The minimum absolute atomic E-state index is 0.140. The Hall–Kier alpha value is -2.89. The Morgan fingerprint density at radius 1 is 1.33 bits per heavy atom. The molecule has 0 spiro atoms. The van der Waals surface area contributed by atoms with Gasteiger partial charge in [0.1, 0.15) is 11.5 Å². The van der Waals surface area contributed by atoms with Gasteiger partial charge in [0.25, 0.3) is 5.91 Å². The molecule has 6 nitrogen and oxygen atoms in total. The fourth-order valence-electron chi connectivity index (χ4n) is 2.55. The number of aromatic nitrogens is 4. The van der Waals surface area contributed by atoms with E-state index in [1.165, 1.54) is 0 Å². The summed E-state index contributed by atoms with van der Waals surface area (Å²) in [7, 11) is 0. The van der Waals surface area contributed by atoms with Crippen LogP contribution in [-0.4, -0.2) is 32.2 Å². The molecule has 0 bridgehead atoms. The SMILES string of the molecule is Cc1nccn1C[C@@H](C)CNC(=O)c1cc(-c2ccccc2)n[nH]1. The Labute approximate surface area is 140 Å². The molecular formula is C18H21N5O. The predicted molar refractivity (Wildman–Crippen MR) is 92.5 cm³/mol. The number of benzene rings is 1. The molecule has 0 aliphatic carbocycles. The first-order valence-electron chi connectivity index (χ1n) is 8.00. The summed E-state index contributed by atoms with van der Waals surface area (Å²) >= 11 is 0. The number of H-pyrrole nitrogens is 1. The number of aryl methyl sites for hydroxylation is 1. The molecule has 1 aromatic carbocycles. The van der Waals surface area contributed by atoms with Crippen molar-refractivity contribution >= 4 is 5.91 Å². The maximum Gasteiger partial charge on any atom is 0.269 e. The number of carbonyl (C=O) groups excluding carboxylic acids is 1. The second kappa shape index (κ2) is 7.12. The maximum atomic E-state index is 12.3. The highest BCUT2D eigenvalue weighted by atomic mass is 16.1. The number of imidazole rings is 1. The molecule has 2 aromatic heterocycles. The fourth-order valence-corrected chi connectivity index (χ4v) is 2.55. The van der Waals surface area contributed by atoms with Crippen molar-refractivity contribution in [2.75, 3.05) is 6.54 Å². The van der Waals surface area contributed by atoms with Crippen molar-refractivity contribution in [2.24, 2.45) is 5.92 Å². The Kier molecular flexibility index (Phi) is 4.74. The Balaban J connectivity index is 1.56. The van der Waals surface area contributed by atoms with Crippen LogP contribution >= 0.6 is 0 Å². The van der Waals surface area contributed by atoms with Gasteiger partial charge in [-0.15, -0.1) is 0 Å². The zero-order valence-electron chi connectivity index (χ0n) is 13.9. The Morgan fingerprint density at radius 3 is 2.83 bits per heavy atom. The van der Waals surface area contributed by atoms with Crippen molar-refractivity contribution in [1.29, 1.82) is 0 Å². The zero-order chi connectivity index (χ0) is 16.9. The minimum atomic E-state index is -0.140.